The normalized spacial score (nSPS) is 12.7. The van der Waals surface area contributed by atoms with Crippen LogP contribution in [0.15, 0.2) is 60.7 Å². The van der Waals surface area contributed by atoms with Crippen molar-refractivity contribution in [3.05, 3.63) is 77.5 Å². The highest BCUT2D eigenvalue weighted by Gasteiger charge is 2.28. The lowest BCUT2D eigenvalue weighted by molar-refractivity contribution is -0.114. The zero-order valence-corrected chi connectivity index (χ0v) is 20.4. The number of ether oxygens (including phenoxy) is 2. The molecule has 2 heterocycles. The summed E-state index contributed by atoms with van der Waals surface area (Å²) in [6, 6.07) is 18.6. The van der Waals surface area contributed by atoms with E-state index >= 15 is 0 Å². The van der Waals surface area contributed by atoms with Crippen LogP contribution in [-0.2, 0) is 17.8 Å². The van der Waals surface area contributed by atoms with Crippen molar-refractivity contribution in [3.63, 3.8) is 0 Å². The summed E-state index contributed by atoms with van der Waals surface area (Å²) in [7, 11) is 3.25. The van der Waals surface area contributed by atoms with E-state index in [0.717, 1.165) is 22.4 Å². The first-order chi connectivity index (χ1) is 17.5. The molecule has 0 bridgehead atoms. The van der Waals surface area contributed by atoms with Gasteiger partial charge in [0.15, 0.2) is 17.3 Å². The molecule has 1 N–H and O–H groups in total. The van der Waals surface area contributed by atoms with Gasteiger partial charge in [-0.2, -0.15) is 0 Å². The Bertz CT molecular complexity index is 1470. The second-order valence-electron chi connectivity index (χ2n) is 8.59. The van der Waals surface area contributed by atoms with Crippen LogP contribution >= 0.6 is 0 Å². The van der Waals surface area contributed by atoms with E-state index in [1.807, 2.05) is 53.4 Å². The quantitative estimate of drug-likeness (QED) is 0.451. The Labute approximate surface area is 208 Å². The molecule has 0 fully saturated rings. The average molecular weight is 483 g/mol. The molecule has 0 spiro atoms. The third-order valence-electron chi connectivity index (χ3n) is 6.29. The highest BCUT2D eigenvalue weighted by atomic mass is 16.5. The zero-order valence-electron chi connectivity index (χ0n) is 20.4. The smallest absolute Gasteiger partial charge is 0.273 e. The molecule has 0 saturated carbocycles. The lowest BCUT2D eigenvalue weighted by Gasteiger charge is -2.30. The molecule has 5 rings (SSSR count). The summed E-state index contributed by atoms with van der Waals surface area (Å²) in [5.41, 5.74) is 4.59. The molecule has 1 aliphatic heterocycles. The van der Waals surface area contributed by atoms with Crippen LogP contribution in [0.1, 0.15) is 28.5 Å². The molecule has 0 saturated heterocycles. The molecule has 8 heteroatoms. The summed E-state index contributed by atoms with van der Waals surface area (Å²) >= 11 is 0. The Kier molecular flexibility index (Phi) is 6.25. The first-order valence-electron chi connectivity index (χ1n) is 11.6. The van der Waals surface area contributed by atoms with Gasteiger partial charge in [0, 0.05) is 42.2 Å². The average Bonchev–Trinajstić information content (AvgIpc) is 2.91. The highest BCUT2D eigenvalue weighted by molar-refractivity contribution is 6.05. The number of para-hydroxylation sites is 1. The van der Waals surface area contributed by atoms with Gasteiger partial charge in [-0.05, 0) is 48.4 Å². The van der Waals surface area contributed by atoms with E-state index in [9.17, 15) is 9.59 Å². The van der Waals surface area contributed by atoms with Gasteiger partial charge >= 0.3 is 0 Å². The Morgan fingerprint density at radius 3 is 2.44 bits per heavy atom. The van der Waals surface area contributed by atoms with Crippen LogP contribution in [0.4, 0.5) is 5.69 Å². The summed E-state index contributed by atoms with van der Waals surface area (Å²) in [5.74, 6) is 1.57. The van der Waals surface area contributed by atoms with Crippen LogP contribution in [0, 0.1) is 0 Å². The van der Waals surface area contributed by atoms with Crippen molar-refractivity contribution in [3.8, 4) is 22.9 Å². The van der Waals surface area contributed by atoms with Crippen molar-refractivity contribution in [2.24, 2.45) is 0 Å². The minimum Gasteiger partial charge on any atom is -0.493 e. The van der Waals surface area contributed by atoms with Gasteiger partial charge in [0.1, 0.15) is 5.69 Å². The van der Waals surface area contributed by atoms with Crippen molar-refractivity contribution >= 4 is 28.4 Å². The number of carbonyl (C=O) groups excluding carboxylic acids is 2. The van der Waals surface area contributed by atoms with Crippen molar-refractivity contribution in [1.82, 2.24) is 14.9 Å². The summed E-state index contributed by atoms with van der Waals surface area (Å²) in [6.45, 7) is 2.45. The number of methoxy groups -OCH3 is 2. The topological polar surface area (TPSA) is 93.7 Å². The molecule has 1 aliphatic rings. The van der Waals surface area contributed by atoms with Gasteiger partial charge in [0.05, 0.1) is 19.7 Å². The van der Waals surface area contributed by atoms with Gasteiger partial charge in [0.2, 0.25) is 5.91 Å². The van der Waals surface area contributed by atoms with E-state index in [0.29, 0.717) is 53.4 Å². The molecular weight excluding hydrogens is 456 g/mol. The largest absolute Gasteiger partial charge is 0.493 e. The second-order valence-corrected chi connectivity index (χ2v) is 8.59. The zero-order chi connectivity index (χ0) is 25.2. The Morgan fingerprint density at radius 2 is 1.72 bits per heavy atom. The van der Waals surface area contributed by atoms with E-state index in [2.05, 4.69) is 5.32 Å². The summed E-state index contributed by atoms with van der Waals surface area (Å²) < 4.78 is 11.0. The molecule has 3 aromatic carbocycles. The van der Waals surface area contributed by atoms with Gasteiger partial charge < -0.3 is 19.7 Å². The molecule has 0 radical (unpaired) electrons. The number of nitrogens with zero attached hydrogens (tertiary/aromatic N) is 3. The van der Waals surface area contributed by atoms with Gasteiger partial charge in [0.25, 0.3) is 5.91 Å². The van der Waals surface area contributed by atoms with Crippen molar-refractivity contribution in [2.45, 2.75) is 19.9 Å². The van der Waals surface area contributed by atoms with Crippen LogP contribution in [0.5, 0.6) is 11.5 Å². The van der Waals surface area contributed by atoms with Crippen LogP contribution in [-0.4, -0.2) is 47.4 Å². The van der Waals surface area contributed by atoms with Crippen LogP contribution in [0.25, 0.3) is 22.3 Å². The van der Waals surface area contributed by atoms with Gasteiger partial charge in [-0.3, -0.25) is 9.59 Å². The number of amides is 2. The van der Waals surface area contributed by atoms with E-state index in [1.54, 1.807) is 26.4 Å². The van der Waals surface area contributed by atoms with E-state index < -0.39 is 0 Å². The molecule has 36 heavy (non-hydrogen) atoms. The summed E-state index contributed by atoms with van der Waals surface area (Å²) in [5, 5.41) is 3.46. The number of aromatic nitrogens is 2. The number of rotatable bonds is 5. The van der Waals surface area contributed by atoms with Crippen LogP contribution in [0.3, 0.4) is 0 Å². The summed E-state index contributed by atoms with van der Waals surface area (Å²) in [4.78, 5) is 36.4. The highest BCUT2D eigenvalue weighted by Crippen LogP contribution is 2.37. The summed E-state index contributed by atoms with van der Waals surface area (Å²) in [6.07, 6.45) is 0.655. The number of hydrogen-bond donors (Lipinski definition) is 1. The lowest BCUT2D eigenvalue weighted by Crippen LogP contribution is -2.36. The van der Waals surface area contributed by atoms with Crippen molar-refractivity contribution in [2.75, 3.05) is 26.1 Å². The predicted molar refractivity (Wildman–Crippen MR) is 137 cm³/mol. The molecule has 0 unspecified atom stereocenters. The van der Waals surface area contributed by atoms with Crippen LogP contribution in [0.2, 0.25) is 0 Å². The fourth-order valence-corrected chi connectivity index (χ4v) is 4.58. The van der Waals surface area contributed by atoms with E-state index in [1.165, 1.54) is 6.92 Å². The Hall–Kier alpha value is -4.46. The maximum absolute atomic E-state index is 13.8. The first kappa shape index (κ1) is 23.3. The third-order valence-corrected chi connectivity index (χ3v) is 6.29. The van der Waals surface area contributed by atoms with Gasteiger partial charge in [-0.25, -0.2) is 9.97 Å². The molecule has 2 amide bonds. The fourth-order valence-electron chi connectivity index (χ4n) is 4.58. The van der Waals surface area contributed by atoms with Gasteiger partial charge in [-0.1, -0.05) is 24.3 Å². The second kappa shape index (κ2) is 9.65. The number of hydrogen-bond acceptors (Lipinski definition) is 6. The molecule has 182 valence electrons. The van der Waals surface area contributed by atoms with E-state index in [-0.39, 0.29) is 11.8 Å². The molecular formula is C28H26N4O4. The van der Waals surface area contributed by atoms with Crippen molar-refractivity contribution < 1.29 is 19.1 Å². The minimum atomic E-state index is -0.148. The number of carbonyl (C=O) groups is 2. The van der Waals surface area contributed by atoms with Crippen LogP contribution < -0.4 is 14.8 Å². The molecule has 0 atom stereocenters. The minimum absolute atomic E-state index is 0.142. The number of nitrogens with one attached hydrogen (secondary N) is 1. The molecule has 0 aliphatic carbocycles. The lowest BCUT2D eigenvalue weighted by atomic mass is 9.97. The predicted octanol–water partition coefficient (Wildman–Crippen LogP) is 4.47. The molecule has 8 nitrogen and oxygen atoms in total. The standard InChI is InChI=1S/C28H26N4O4/c1-17(33)29-20-11-8-18(9-12-20)27-30-23-7-5-4-6-22(23)25(31-27)28(34)32-15-14-21-19(16-32)10-13-24(35-2)26(21)36-3/h4-13H,14-16H2,1-3H3,(H,29,33). The van der Waals surface area contributed by atoms with Gasteiger partial charge in [-0.15, -0.1) is 0 Å². The maximum Gasteiger partial charge on any atom is 0.273 e. The van der Waals surface area contributed by atoms with Crippen molar-refractivity contribution in [1.29, 1.82) is 0 Å². The third kappa shape index (κ3) is 4.33. The Balaban J connectivity index is 1.50. The Morgan fingerprint density at radius 1 is 0.944 bits per heavy atom. The fraction of sp³-hybridized carbons (Fsp3) is 0.214. The molecule has 1 aromatic heterocycles. The number of fused-ring (bicyclic) bond motifs is 2. The first-order valence-corrected chi connectivity index (χ1v) is 11.6. The molecule has 4 aromatic rings. The van der Waals surface area contributed by atoms with E-state index in [4.69, 9.17) is 19.4 Å². The monoisotopic (exact) mass is 482 g/mol. The SMILES string of the molecule is COc1ccc2c(c1OC)CCN(C(=O)c1nc(-c3ccc(NC(C)=O)cc3)nc3ccccc13)C2. The number of benzene rings is 3. The number of anilines is 1. The maximum atomic E-state index is 13.8.